The summed E-state index contributed by atoms with van der Waals surface area (Å²) in [5, 5.41) is 9.21. The number of esters is 1. The zero-order valence-electron chi connectivity index (χ0n) is 12.6. The molecule has 2 rings (SSSR count). The van der Waals surface area contributed by atoms with Gasteiger partial charge in [-0.25, -0.2) is 4.79 Å². The molecule has 0 atom stereocenters. The number of aromatic carboxylic acids is 1. The second-order valence-corrected chi connectivity index (χ2v) is 5.54. The topological polar surface area (TPSA) is 98.9 Å². The first kappa shape index (κ1) is 16.3. The van der Waals surface area contributed by atoms with Crippen LogP contribution < -0.4 is 15.2 Å². The van der Waals surface area contributed by atoms with Gasteiger partial charge in [-0.3, -0.25) is 4.79 Å². The van der Waals surface area contributed by atoms with Crippen LogP contribution in [0.5, 0.6) is 11.5 Å². The summed E-state index contributed by atoms with van der Waals surface area (Å²) in [4.78, 5) is 23.5. The summed E-state index contributed by atoms with van der Waals surface area (Å²) in [6.45, 7) is 0.642. The predicted molar refractivity (Wildman–Crippen MR) is 80.1 cm³/mol. The highest BCUT2D eigenvalue weighted by Gasteiger charge is 2.28. The van der Waals surface area contributed by atoms with E-state index in [4.69, 9.17) is 15.2 Å². The second-order valence-electron chi connectivity index (χ2n) is 5.54. The zero-order valence-corrected chi connectivity index (χ0v) is 12.6. The number of hydrogen-bond acceptors (Lipinski definition) is 5. The first-order valence-electron chi connectivity index (χ1n) is 7.38. The molecule has 0 amide bonds. The molecule has 0 aromatic heterocycles. The monoisotopic (exact) mass is 307 g/mol. The molecule has 6 heteroatoms. The van der Waals surface area contributed by atoms with Gasteiger partial charge in [0, 0.05) is 0 Å². The van der Waals surface area contributed by atoms with Crippen molar-refractivity contribution in [1.82, 2.24) is 0 Å². The van der Waals surface area contributed by atoms with Crippen LogP contribution in [0.2, 0.25) is 0 Å². The number of hydrogen-bond donors (Lipinski definition) is 2. The Bertz CT molecular complexity index is 549. The number of benzene rings is 1. The van der Waals surface area contributed by atoms with E-state index >= 15 is 0 Å². The van der Waals surface area contributed by atoms with Crippen molar-refractivity contribution >= 4 is 11.9 Å². The lowest BCUT2D eigenvalue weighted by atomic mass is 9.82. The molecule has 1 fully saturated rings. The minimum absolute atomic E-state index is 0.0549. The molecule has 0 bridgehead atoms. The van der Waals surface area contributed by atoms with Crippen LogP contribution in [0, 0.1) is 11.8 Å². The van der Waals surface area contributed by atoms with Crippen LogP contribution >= 0.6 is 0 Å². The fraction of sp³-hybridized carbons (Fsp3) is 0.500. The van der Waals surface area contributed by atoms with E-state index < -0.39 is 5.97 Å². The lowest BCUT2D eigenvalue weighted by Gasteiger charge is -2.26. The van der Waals surface area contributed by atoms with Gasteiger partial charge in [0.25, 0.3) is 0 Å². The maximum Gasteiger partial charge on any atom is 0.339 e. The maximum absolute atomic E-state index is 12.2. The molecule has 0 unspecified atom stereocenters. The Balaban J connectivity index is 2.07. The third-order valence-corrected chi connectivity index (χ3v) is 4.14. The van der Waals surface area contributed by atoms with Crippen molar-refractivity contribution in [2.24, 2.45) is 17.6 Å². The van der Waals surface area contributed by atoms with E-state index in [9.17, 15) is 14.7 Å². The molecule has 1 aromatic carbocycles. The summed E-state index contributed by atoms with van der Waals surface area (Å²) in [5.74, 6) is -0.789. The molecule has 120 valence electrons. The maximum atomic E-state index is 12.2. The highest BCUT2D eigenvalue weighted by molar-refractivity contribution is 5.92. The van der Waals surface area contributed by atoms with Gasteiger partial charge in [-0.15, -0.1) is 0 Å². The molecular weight excluding hydrogens is 286 g/mol. The fourth-order valence-electron chi connectivity index (χ4n) is 2.72. The van der Waals surface area contributed by atoms with Gasteiger partial charge in [0.1, 0.15) is 17.1 Å². The Hall–Kier alpha value is -2.08. The summed E-state index contributed by atoms with van der Waals surface area (Å²) in [5.41, 5.74) is 5.56. The third kappa shape index (κ3) is 3.76. The van der Waals surface area contributed by atoms with Crippen LogP contribution in [0.15, 0.2) is 18.2 Å². The smallest absolute Gasteiger partial charge is 0.339 e. The minimum atomic E-state index is -1.16. The molecule has 1 aliphatic rings. The van der Waals surface area contributed by atoms with Crippen LogP contribution in [-0.4, -0.2) is 30.7 Å². The Labute approximate surface area is 129 Å². The molecule has 1 aliphatic carbocycles. The number of rotatable bonds is 5. The van der Waals surface area contributed by atoms with Gasteiger partial charge in [0.15, 0.2) is 0 Å². The number of carbonyl (C=O) groups excluding carboxylic acids is 1. The predicted octanol–water partition coefficient (Wildman–Crippen LogP) is 2.06. The quantitative estimate of drug-likeness (QED) is 0.638. The summed E-state index contributed by atoms with van der Waals surface area (Å²) in [7, 11) is 1.45. The van der Waals surface area contributed by atoms with E-state index in [-0.39, 0.29) is 23.2 Å². The number of ether oxygens (including phenoxy) is 2. The van der Waals surface area contributed by atoms with Gasteiger partial charge >= 0.3 is 11.9 Å². The standard InChI is InChI=1S/C16H21NO5/c1-21-12-6-7-14(13(8-12)15(18)19)22-16(20)11-4-2-10(9-17)3-5-11/h6-8,10-11H,2-5,9,17H2,1H3,(H,18,19). The summed E-state index contributed by atoms with van der Waals surface area (Å²) < 4.78 is 10.3. The molecule has 0 heterocycles. The highest BCUT2D eigenvalue weighted by Crippen LogP contribution is 2.31. The van der Waals surface area contributed by atoms with E-state index in [0.29, 0.717) is 18.2 Å². The molecular formula is C16H21NO5. The van der Waals surface area contributed by atoms with Crippen LogP contribution in [0.1, 0.15) is 36.0 Å². The molecule has 0 aliphatic heterocycles. The van der Waals surface area contributed by atoms with Crippen molar-refractivity contribution in [3.63, 3.8) is 0 Å². The molecule has 0 radical (unpaired) electrons. The van der Waals surface area contributed by atoms with E-state index in [0.717, 1.165) is 25.7 Å². The summed E-state index contributed by atoms with van der Waals surface area (Å²) in [6.07, 6.45) is 3.29. The first-order valence-corrected chi connectivity index (χ1v) is 7.38. The second kappa shape index (κ2) is 7.26. The normalized spacial score (nSPS) is 21.2. The number of nitrogens with two attached hydrogens (primary N) is 1. The molecule has 22 heavy (non-hydrogen) atoms. The Morgan fingerprint density at radius 1 is 1.27 bits per heavy atom. The van der Waals surface area contributed by atoms with E-state index in [1.54, 1.807) is 6.07 Å². The van der Waals surface area contributed by atoms with E-state index in [1.807, 2.05) is 0 Å². The molecule has 1 saturated carbocycles. The molecule has 6 nitrogen and oxygen atoms in total. The van der Waals surface area contributed by atoms with E-state index in [1.165, 1.54) is 19.2 Å². The highest BCUT2D eigenvalue weighted by atomic mass is 16.5. The van der Waals surface area contributed by atoms with Gasteiger partial charge in [-0.1, -0.05) is 0 Å². The fourth-order valence-corrected chi connectivity index (χ4v) is 2.72. The molecule has 0 spiro atoms. The van der Waals surface area contributed by atoms with Gasteiger partial charge in [-0.2, -0.15) is 0 Å². The van der Waals surface area contributed by atoms with Crippen LogP contribution in [0.25, 0.3) is 0 Å². The SMILES string of the molecule is COc1ccc(OC(=O)C2CCC(CN)CC2)c(C(=O)O)c1. The lowest BCUT2D eigenvalue weighted by molar-refractivity contribution is -0.140. The zero-order chi connectivity index (χ0) is 16.1. The number of carboxylic acids is 1. The van der Waals surface area contributed by atoms with Gasteiger partial charge in [0.05, 0.1) is 13.0 Å². The van der Waals surface area contributed by atoms with Crippen LogP contribution in [-0.2, 0) is 4.79 Å². The number of methoxy groups -OCH3 is 1. The molecule has 1 aromatic rings. The average Bonchev–Trinajstić information content (AvgIpc) is 2.55. The molecule has 0 saturated heterocycles. The Morgan fingerprint density at radius 2 is 1.95 bits per heavy atom. The van der Waals surface area contributed by atoms with Crippen molar-refractivity contribution in [2.75, 3.05) is 13.7 Å². The summed E-state index contributed by atoms with van der Waals surface area (Å²) in [6, 6.07) is 4.36. The Kier molecular flexibility index (Phi) is 5.38. The molecule has 3 N–H and O–H groups in total. The number of carbonyl (C=O) groups is 2. The first-order chi connectivity index (χ1) is 10.5. The van der Waals surface area contributed by atoms with Gasteiger partial charge in [0.2, 0.25) is 0 Å². The average molecular weight is 307 g/mol. The number of carboxylic acid groups (broad SMARTS) is 1. The largest absolute Gasteiger partial charge is 0.497 e. The van der Waals surface area contributed by atoms with Crippen molar-refractivity contribution in [3.8, 4) is 11.5 Å². The Morgan fingerprint density at radius 3 is 2.50 bits per heavy atom. The van der Waals surface area contributed by atoms with Crippen molar-refractivity contribution in [2.45, 2.75) is 25.7 Å². The van der Waals surface area contributed by atoms with Crippen molar-refractivity contribution in [3.05, 3.63) is 23.8 Å². The minimum Gasteiger partial charge on any atom is -0.497 e. The van der Waals surface area contributed by atoms with Crippen molar-refractivity contribution in [1.29, 1.82) is 0 Å². The van der Waals surface area contributed by atoms with Crippen molar-refractivity contribution < 1.29 is 24.2 Å². The lowest BCUT2D eigenvalue weighted by Crippen LogP contribution is -2.28. The van der Waals surface area contributed by atoms with Crippen LogP contribution in [0.4, 0.5) is 0 Å². The van der Waals surface area contributed by atoms with Gasteiger partial charge < -0.3 is 20.3 Å². The van der Waals surface area contributed by atoms with Crippen LogP contribution in [0.3, 0.4) is 0 Å². The van der Waals surface area contributed by atoms with Gasteiger partial charge in [-0.05, 0) is 56.3 Å². The van der Waals surface area contributed by atoms with E-state index in [2.05, 4.69) is 0 Å². The third-order valence-electron chi connectivity index (χ3n) is 4.14. The summed E-state index contributed by atoms with van der Waals surface area (Å²) >= 11 is 0.